The monoisotopic (exact) mass is 382 g/mol. The average Bonchev–Trinajstić information content (AvgIpc) is 2.95. The van der Waals surface area contributed by atoms with E-state index in [1.54, 1.807) is 24.3 Å². The lowest BCUT2D eigenvalue weighted by molar-refractivity contribution is 0.0929. The summed E-state index contributed by atoms with van der Waals surface area (Å²) < 4.78 is 5.41. The molecular formula is C16H9Cl3N2O3. The summed E-state index contributed by atoms with van der Waals surface area (Å²) in [7, 11) is 0. The van der Waals surface area contributed by atoms with E-state index in [0.29, 0.717) is 21.0 Å². The largest absolute Gasteiger partial charge is 0.506 e. The SMILES string of the molecule is O=C(N/N=C/c1cc(Cl)cc(Cl)c1O)c1cc2cc(Cl)ccc2o1. The molecule has 0 saturated carbocycles. The molecule has 122 valence electrons. The molecular weight excluding hydrogens is 375 g/mol. The fourth-order valence-corrected chi connectivity index (χ4v) is 2.72. The molecule has 0 saturated heterocycles. The Morgan fingerprint density at radius 2 is 1.92 bits per heavy atom. The van der Waals surface area contributed by atoms with Gasteiger partial charge in [0.25, 0.3) is 0 Å². The number of fused-ring (bicyclic) bond motifs is 1. The number of amides is 1. The van der Waals surface area contributed by atoms with E-state index in [-0.39, 0.29) is 22.1 Å². The van der Waals surface area contributed by atoms with Crippen LogP contribution in [0, 0.1) is 0 Å². The van der Waals surface area contributed by atoms with Gasteiger partial charge in [-0.2, -0.15) is 5.10 Å². The van der Waals surface area contributed by atoms with E-state index in [1.807, 2.05) is 0 Å². The maximum Gasteiger partial charge on any atom is 0.307 e. The summed E-state index contributed by atoms with van der Waals surface area (Å²) in [4.78, 5) is 12.0. The number of rotatable bonds is 3. The van der Waals surface area contributed by atoms with Crippen molar-refractivity contribution >= 4 is 57.9 Å². The Morgan fingerprint density at radius 1 is 1.12 bits per heavy atom. The minimum atomic E-state index is -0.550. The number of nitrogens with one attached hydrogen (secondary N) is 1. The van der Waals surface area contributed by atoms with Gasteiger partial charge in [0.1, 0.15) is 11.3 Å². The number of benzene rings is 2. The van der Waals surface area contributed by atoms with Crippen molar-refractivity contribution in [2.45, 2.75) is 0 Å². The number of carbonyl (C=O) groups is 1. The van der Waals surface area contributed by atoms with Gasteiger partial charge in [0.15, 0.2) is 5.76 Å². The zero-order valence-electron chi connectivity index (χ0n) is 11.9. The van der Waals surface area contributed by atoms with Crippen molar-refractivity contribution in [2.75, 3.05) is 0 Å². The lowest BCUT2D eigenvalue weighted by Crippen LogP contribution is -2.16. The minimum Gasteiger partial charge on any atom is -0.506 e. The number of phenols is 1. The molecule has 2 aromatic carbocycles. The maximum absolute atomic E-state index is 12.0. The Hall–Kier alpha value is -2.21. The second-order valence-electron chi connectivity index (χ2n) is 4.82. The quantitative estimate of drug-likeness (QED) is 0.501. The first-order valence-electron chi connectivity index (χ1n) is 6.64. The fourth-order valence-electron chi connectivity index (χ4n) is 2.03. The van der Waals surface area contributed by atoms with Crippen LogP contribution < -0.4 is 5.43 Å². The molecule has 3 rings (SSSR count). The number of hydrogen-bond donors (Lipinski definition) is 2. The van der Waals surface area contributed by atoms with Crippen LogP contribution in [-0.4, -0.2) is 17.2 Å². The van der Waals surface area contributed by atoms with Gasteiger partial charge in [0.2, 0.25) is 0 Å². The van der Waals surface area contributed by atoms with E-state index in [0.717, 1.165) is 0 Å². The van der Waals surface area contributed by atoms with Crippen molar-refractivity contribution in [3.05, 3.63) is 62.8 Å². The molecule has 0 aliphatic rings. The second-order valence-corrected chi connectivity index (χ2v) is 6.10. The lowest BCUT2D eigenvalue weighted by Gasteiger charge is -2.02. The van der Waals surface area contributed by atoms with Crippen LogP contribution in [0.2, 0.25) is 15.1 Å². The van der Waals surface area contributed by atoms with E-state index in [2.05, 4.69) is 10.5 Å². The number of nitrogens with zero attached hydrogens (tertiary/aromatic N) is 1. The van der Waals surface area contributed by atoms with Crippen molar-refractivity contribution in [1.82, 2.24) is 5.43 Å². The van der Waals surface area contributed by atoms with Crippen LogP contribution in [0.25, 0.3) is 11.0 Å². The zero-order valence-corrected chi connectivity index (χ0v) is 14.2. The molecule has 1 heterocycles. The molecule has 0 radical (unpaired) electrons. The fraction of sp³-hybridized carbons (Fsp3) is 0. The van der Waals surface area contributed by atoms with E-state index in [4.69, 9.17) is 39.2 Å². The van der Waals surface area contributed by atoms with E-state index in [1.165, 1.54) is 18.3 Å². The van der Waals surface area contributed by atoms with Crippen molar-refractivity contribution in [2.24, 2.45) is 5.10 Å². The summed E-state index contributed by atoms with van der Waals surface area (Å²) in [5, 5.41) is 15.2. The van der Waals surface area contributed by atoms with Crippen LogP contribution in [0.3, 0.4) is 0 Å². The molecule has 5 nitrogen and oxygen atoms in total. The van der Waals surface area contributed by atoms with Gasteiger partial charge in [-0.05, 0) is 36.4 Å². The standard InChI is InChI=1S/C16H9Cl3N2O3/c17-10-1-2-13-8(3-10)5-14(24-13)16(23)21-20-7-9-4-11(18)6-12(19)15(9)22/h1-7,22H,(H,21,23)/b20-7+. The lowest BCUT2D eigenvalue weighted by atomic mass is 10.2. The first kappa shape index (κ1) is 16.6. The van der Waals surface area contributed by atoms with Crippen LogP contribution in [0.5, 0.6) is 5.75 Å². The molecule has 24 heavy (non-hydrogen) atoms. The highest BCUT2D eigenvalue weighted by Gasteiger charge is 2.12. The van der Waals surface area contributed by atoms with Crippen molar-refractivity contribution in [3.8, 4) is 5.75 Å². The van der Waals surface area contributed by atoms with E-state index < -0.39 is 5.91 Å². The van der Waals surface area contributed by atoms with Crippen LogP contribution in [0.15, 0.2) is 45.9 Å². The molecule has 1 amide bonds. The summed E-state index contributed by atoms with van der Waals surface area (Å²) in [6.45, 7) is 0. The molecule has 0 bridgehead atoms. The summed E-state index contributed by atoms with van der Waals surface area (Å²) in [6.07, 6.45) is 1.23. The van der Waals surface area contributed by atoms with Gasteiger partial charge in [-0.3, -0.25) is 4.79 Å². The molecule has 0 unspecified atom stereocenters. The summed E-state index contributed by atoms with van der Waals surface area (Å²) in [5.41, 5.74) is 3.10. The Labute approximate surface area is 151 Å². The average molecular weight is 384 g/mol. The molecule has 1 aromatic heterocycles. The first-order chi connectivity index (χ1) is 11.4. The van der Waals surface area contributed by atoms with E-state index in [9.17, 15) is 9.90 Å². The highest BCUT2D eigenvalue weighted by Crippen LogP contribution is 2.30. The predicted octanol–water partition coefficient (Wildman–Crippen LogP) is 4.86. The molecule has 3 aromatic rings. The summed E-state index contributed by atoms with van der Waals surface area (Å²) >= 11 is 17.5. The molecule has 8 heteroatoms. The number of aromatic hydroxyl groups is 1. The Kier molecular flexibility index (Phi) is 4.66. The Balaban J connectivity index is 1.77. The van der Waals surface area contributed by atoms with Crippen molar-refractivity contribution in [3.63, 3.8) is 0 Å². The van der Waals surface area contributed by atoms with Gasteiger partial charge in [-0.1, -0.05) is 34.8 Å². The van der Waals surface area contributed by atoms with Gasteiger partial charge in [-0.15, -0.1) is 0 Å². The highest BCUT2D eigenvalue weighted by atomic mass is 35.5. The van der Waals surface area contributed by atoms with Crippen LogP contribution in [-0.2, 0) is 0 Å². The molecule has 0 aliphatic heterocycles. The summed E-state index contributed by atoms with van der Waals surface area (Å²) in [6, 6.07) is 9.43. The third-order valence-corrected chi connectivity index (χ3v) is 3.87. The van der Waals surface area contributed by atoms with Crippen LogP contribution in [0.4, 0.5) is 0 Å². The smallest absolute Gasteiger partial charge is 0.307 e. The van der Waals surface area contributed by atoms with Crippen LogP contribution in [0.1, 0.15) is 16.1 Å². The third kappa shape index (κ3) is 3.48. The van der Waals surface area contributed by atoms with Gasteiger partial charge in [0, 0.05) is 21.0 Å². The predicted molar refractivity (Wildman–Crippen MR) is 94.4 cm³/mol. The number of halogens is 3. The number of hydrazone groups is 1. The number of furan rings is 1. The van der Waals surface area contributed by atoms with E-state index >= 15 is 0 Å². The van der Waals surface area contributed by atoms with Gasteiger partial charge >= 0.3 is 5.91 Å². The molecule has 0 atom stereocenters. The molecule has 2 N–H and O–H groups in total. The van der Waals surface area contributed by atoms with Crippen molar-refractivity contribution in [1.29, 1.82) is 0 Å². The van der Waals surface area contributed by atoms with Gasteiger partial charge in [0.05, 0.1) is 11.2 Å². The van der Waals surface area contributed by atoms with Crippen LogP contribution >= 0.6 is 34.8 Å². The molecule has 0 aliphatic carbocycles. The molecule has 0 fully saturated rings. The summed E-state index contributed by atoms with van der Waals surface area (Å²) in [5.74, 6) is -0.651. The third-order valence-electron chi connectivity index (χ3n) is 3.13. The number of carbonyl (C=O) groups excluding carboxylic acids is 1. The zero-order chi connectivity index (χ0) is 17.3. The van der Waals surface area contributed by atoms with Crippen molar-refractivity contribution < 1.29 is 14.3 Å². The molecule has 0 spiro atoms. The number of phenolic OH excluding ortho intramolecular Hbond substituents is 1. The normalized spacial score (nSPS) is 11.3. The van der Waals surface area contributed by atoms with Gasteiger partial charge < -0.3 is 9.52 Å². The maximum atomic E-state index is 12.0. The highest BCUT2D eigenvalue weighted by molar-refractivity contribution is 6.36. The minimum absolute atomic E-state index is 0.0813. The number of hydrogen-bond acceptors (Lipinski definition) is 4. The van der Waals surface area contributed by atoms with Gasteiger partial charge in [-0.25, -0.2) is 5.43 Å². The first-order valence-corrected chi connectivity index (χ1v) is 7.78. The Bertz CT molecular complexity index is 967. The Morgan fingerprint density at radius 3 is 2.71 bits per heavy atom. The topological polar surface area (TPSA) is 74.8 Å². The second kappa shape index (κ2) is 6.73.